The second kappa shape index (κ2) is 4.83. The Morgan fingerprint density at radius 1 is 1.32 bits per heavy atom. The molecule has 1 atom stereocenters. The van der Waals surface area contributed by atoms with Gasteiger partial charge in [-0.1, -0.05) is 6.07 Å². The number of rotatable bonds is 4. The summed E-state index contributed by atoms with van der Waals surface area (Å²) in [5, 5.41) is 8.51. The van der Waals surface area contributed by atoms with E-state index in [-0.39, 0.29) is 6.04 Å². The molecule has 6 heteroatoms. The van der Waals surface area contributed by atoms with Crippen LogP contribution in [0.4, 0.5) is 0 Å². The summed E-state index contributed by atoms with van der Waals surface area (Å²) in [6, 6.07) is 6.01. The molecule has 3 rings (SSSR count). The van der Waals surface area contributed by atoms with Crippen molar-refractivity contribution in [1.29, 1.82) is 0 Å². The molecule has 0 saturated carbocycles. The monoisotopic (exact) mass is 256 g/mol. The Morgan fingerprint density at radius 3 is 2.95 bits per heavy atom. The van der Waals surface area contributed by atoms with E-state index in [0.29, 0.717) is 0 Å². The van der Waals surface area contributed by atoms with E-state index < -0.39 is 0 Å². The fourth-order valence-electron chi connectivity index (χ4n) is 2.29. The van der Waals surface area contributed by atoms with Gasteiger partial charge in [-0.15, -0.1) is 0 Å². The SMILES string of the molecule is Cn1cc(CC(NN)c2cnn3ccccc23)cn1. The van der Waals surface area contributed by atoms with E-state index in [0.717, 1.165) is 23.1 Å². The van der Waals surface area contributed by atoms with E-state index in [4.69, 9.17) is 5.84 Å². The molecule has 6 nitrogen and oxygen atoms in total. The molecule has 98 valence electrons. The highest BCUT2D eigenvalue weighted by Gasteiger charge is 2.16. The molecule has 3 aromatic heterocycles. The number of aromatic nitrogens is 4. The molecule has 0 radical (unpaired) electrons. The number of aryl methyl sites for hydroxylation is 1. The molecule has 0 fully saturated rings. The minimum atomic E-state index is 0.0177. The number of nitrogens with one attached hydrogen (secondary N) is 1. The van der Waals surface area contributed by atoms with Crippen LogP contribution in [0.5, 0.6) is 0 Å². The Kier molecular flexibility index (Phi) is 3.02. The molecule has 0 amide bonds. The highest BCUT2D eigenvalue weighted by atomic mass is 15.3. The molecule has 0 bridgehead atoms. The predicted molar refractivity (Wildman–Crippen MR) is 72.2 cm³/mol. The Labute approximate surface area is 110 Å². The minimum Gasteiger partial charge on any atom is -0.276 e. The number of hydrazine groups is 1. The number of hydrogen-bond acceptors (Lipinski definition) is 4. The minimum absolute atomic E-state index is 0.0177. The summed E-state index contributed by atoms with van der Waals surface area (Å²) in [4.78, 5) is 0. The third-order valence-corrected chi connectivity index (χ3v) is 3.23. The van der Waals surface area contributed by atoms with Gasteiger partial charge in [0.15, 0.2) is 0 Å². The lowest BCUT2D eigenvalue weighted by molar-refractivity contribution is 0.555. The van der Waals surface area contributed by atoms with Crippen molar-refractivity contribution in [3.63, 3.8) is 0 Å². The third kappa shape index (κ3) is 2.23. The van der Waals surface area contributed by atoms with E-state index in [1.165, 1.54) is 0 Å². The van der Waals surface area contributed by atoms with Crippen molar-refractivity contribution < 1.29 is 0 Å². The van der Waals surface area contributed by atoms with Crippen LogP contribution in [-0.4, -0.2) is 19.4 Å². The number of fused-ring (bicyclic) bond motifs is 1. The van der Waals surface area contributed by atoms with Gasteiger partial charge in [0.1, 0.15) is 0 Å². The van der Waals surface area contributed by atoms with Crippen molar-refractivity contribution in [2.45, 2.75) is 12.5 Å². The molecule has 3 N–H and O–H groups in total. The smallest absolute Gasteiger partial charge is 0.0710 e. The van der Waals surface area contributed by atoms with Gasteiger partial charge in [0, 0.05) is 25.0 Å². The maximum absolute atomic E-state index is 5.70. The zero-order valence-corrected chi connectivity index (χ0v) is 10.7. The van der Waals surface area contributed by atoms with Crippen LogP contribution in [0.25, 0.3) is 5.52 Å². The topological polar surface area (TPSA) is 73.2 Å². The van der Waals surface area contributed by atoms with E-state index in [2.05, 4.69) is 15.6 Å². The second-order valence-corrected chi connectivity index (χ2v) is 4.58. The van der Waals surface area contributed by atoms with E-state index in [1.54, 1.807) is 4.68 Å². The fraction of sp³-hybridized carbons (Fsp3) is 0.231. The van der Waals surface area contributed by atoms with Crippen molar-refractivity contribution >= 4 is 5.52 Å². The van der Waals surface area contributed by atoms with Gasteiger partial charge in [-0.3, -0.25) is 16.0 Å². The van der Waals surface area contributed by atoms with Crippen LogP contribution in [0, 0.1) is 0 Å². The summed E-state index contributed by atoms with van der Waals surface area (Å²) in [5.74, 6) is 5.70. The molecule has 0 aliphatic heterocycles. The number of nitrogens with two attached hydrogens (primary N) is 1. The van der Waals surface area contributed by atoms with Gasteiger partial charge < -0.3 is 0 Å². The van der Waals surface area contributed by atoms with Crippen molar-refractivity contribution in [2.75, 3.05) is 0 Å². The molecule has 0 aromatic carbocycles. The molecule has 19 heavy (non-hydrogen) atoms. The van der Waals surface area contributed by atoms with Crippen LogP contribution >= 0.6 is 0 Å². The highest BCUT2D eigenvalue weighted by Crippen LogP contribution is 2.21. The van der Waals surface area contributed by atoms with E-state index in [1.807, 2.05) is 54.5 Å². The lowest BCUT2D eigenvalue weighted by atomic mass is 10.0. The van der Waals surface area contributed by atoms with Crippen LogP contribution in [0.3, 0.4) is 0 Å². The second-order valence-electron chi connectivity index (χ2n) is 4.58. The molecule has 0 aliphatic rings. The Hall–Kier alpha value is -2.18. The maximum Gasteiger partial charge on any atom is 0.0710 e. The van der Waals surface area contributed by atoms with Crippen LogP contribution in [0.15, 0.2) is 43.0 Å². The van der Waals surface area contributed by atoms with Gasteiger partial charge in [0.25, 0.3) is 0 Å². The van der Waals surface area contributed by atoms with Gasteiger partial charge in [0.2, 0.25) is 0 Å². The zero-order chi connectivity index (χ0) is 13.2. The molecule has 0 spiro atoms. The van der Waals surface area contributed by atoms with Crippen molar-refractivity contribution in [3.05, 3.63) is 54.1 Å². The van der Waals surface area contributed by atoms with Crippen molar-refractivity contribution in [3.8, 4) is 0 Å². The molecule has 0 aliphatic carbocycles. The first-order valence-corrected chi connectivity index (χ1v) is 6.14. The Bertz CT molecular complexity index is 683. The molecule has 3 heterocycles. The fourth-order valence-corrected chi connectivity index (χ4v) is 2.29. The van der Waals surface area contributed by atoms with Crippen LogP contribution in [0.2, 0.25) is 0 Å². The Morgan fingerprint density at radius 2 is 2.21 bits per heavy atom. The van der Waals surface area contributed by atoms with Crippen molar-refractivity contribution in [1.82, 2.24) is 24.8 Å². The van der Waals surface area contributed by atoms with Gasteiger partial charge >= 0.3 is 0 Å². The molecule has 3 aromatic rings. The van der Waals surface area contributed by atoms with Crippen LogP contribution in [0.1, 0.15) is 17.2 Å². The van der Waals surface area contributed by atoms with Crippen LogP contribution < -0.4 is 11.3 Å². The zero-order valence-electron chi connectivity index (χ0n) is 10.7. The van der Waals surface area contributed by atoms with Gasteiger partial charge in [-0.2, -0.15) is 10.2 Å². The summed E-state index contributed by atoms with van der Waals surface area (Å²) in [6.07, 6.45) is 8.42. The van der Waals surface area contributed by atoms with Gasteiger partial charge in [0.05, 0.1) is 24.0 Å². The quantitative estimate of drug-likeness (QED) is 0.535. The highest BCUT2D eigenvalue weighted by molar-refractivity contribution is 5.55. The normalized spacial score (nSPS) is 12.9. The molecular formula is C13H16N6. The number of hydrogen-bond donors (Lipinski definition) is 2. The molecule has 0 saturated heterocycles. The summed E-state index contributed by atoms with van der Waals surface area (Å²) in [6.45, 7) is 0. The van der Waals surface area contributed by atoms with Crippen molar-refractivity contribution in [2.24, 2.45) is 12.9 Å². The first kappa shape index (κ1) is 11.9. The Balaban J connectivity index is 1.93. The average molecular weight is 256 g/mol. The number of pyridine rings is 1. The number of nitrogens with zero attached hydrogens (tertiary/aromatic N) is 4. The third-order valence-electron chi connectivity index (χ3n) is 3.23. The maximum atomic E-state index is 5.70. The molecular weight excluding hydrogens is 240 g/mol. The first-order chi connectivity index (χ1) is 9.28. The van der Waals surface area contributed by atoms with Gasteiger partial charge in [-0.25, -0.2) is 4.52 Å². The summed E-state index contributed by atoms with van der Waals surface area (Å²) >= 11 is 0. The summed E-state index contributed by atoms with van der Waals surface area (Å²) in [5.41, 5.74) is 6.16. The van der Waals surface area contributed by atoms with E-state index >= 15 is 0 Å². The standard InChI is InChI=1S/C13H16N6/c1-18-9-10(7-15-18)6-12(17-14)11-8-16-19-5-3-2-4-13(11)19/h2-5,7-9,12,17H,6,14H2,1H3. The first-order valence-electron chi connectivity index (χ1n) is 6.14. The summed E-state index contributed by atoms with van der Waals surface area (Å²) in [7, 11) is 1.91. The largest absolute Gasteiger partial charge is 0.276 e. The predicted octanol–water partition coefficient (Wildman–Crippen LogP) is 0.815. The molecule has 1 unspecified atom stereocenters. The lowest BCUT2D eigenvalue weighted by Gasteiger charge is -2.13. The van der Waals surface area contributed by atoms with Crippen LogP contribution in [-0.2, 0) is 13.5 Å². The lowest BCUT2D eigenvalue weighted by Crippen LogP contribution is -2.29. The average Bonchev–Trinajstić information content (AvgIpc) is 3.02. The van der Waals surface area contributed by atoms with Gasteiger partial charge in [-0.05, 0) is 24.1 Å². The summed E-state index contributed by atoms with van der Waals surface area (Å²) < 4.78 is 3.64. The van der Waals surface area contributed by atoms with E-state index in [9.17, 15) is 0 Å².